The second-order valence-corrected chi connectivity index (χ2v) is 5.51. The molecule has 0 amide bonds. The van der Waals surface area contributed by atoms with Crippen LogP contribution in [0.5, 0.6) is 0 Å². The van der Waals surface area contributed by atoms with E-state index in [1.165, 1.54) is 6.20 Å². The molecule has 1 aromatic rings. The van der Waals surface area contributed by atoms with Gasteiger partial charge in [-0.2, -0.15) is 0 Å². The molecule has 3 rings (SSSR count). The first-order valence-corrected chi connectivity index (χ1v) is 8.19. The Morgan fingerprint density at radius 3 is 2.38 bits per heavy atom. The molecule has 1 atom stereocenters. The Hall–Kier alpha value is -1.00. The zero-order valence-corrected chi connectivity index (χ0v) is 14.1. The van der Waals surface area contributed by atoms with Crippen LogP contribution in [0, 0.1) is 11.2 Å². The molecule has 1 aromatic heterocycles. The number of nitrogens with two attached hydrogens (primary N) is 1. The largest absolute Gasteiger partial charge is 0.323 e. The van der Waals surface area contributed by atoms with Gasteiger partial charge in [-0.15, -0.1) is 0 Å². The van der Waals surface area contributed by atoms with E-state index in [1.54, 1.807) is 6.07 Å². The van der Waals surface area contributed by atoms with Gasteiger partial charge in [0.25, 0.3) is 0 Å². The van der Waals surface area contributed by atoms with Crippen LogP contribution in [0.4, 0.5) is 4.39 Å². The summed E-state index contributed by atoms with van der Waals surface area (Å²) in [4.78, 5) is 6.54. The summed E-state index contributed by atoms with van der Waals surface area (Å²) in [5, 5.41) is 0. The van der Waals surface area contributed by atoms with E-state index in [4.69, 9.17) is 5.73 Å². The van der Waals surface area contributed by atoms with Crippen LogP contribution < -0.4 is 5.73 Å². The van der Waals surface area contributed by atoms with Gasteiger partial charge >= 0.3 is 0 Å². The zero-order valence-electron chi connectivity index (χ0n) is 14.1. The number of halogens is 1. The van der Waals surface area contributed by atoms with Crippen molar-refractivity contribution in [2.24, 2.45) is 11.1 Å². The molecule has 21 heavy (non-hydrogen) atoms. The Balaban J connectivity index is 0.000000510. The van der Waals surface area contributed by atoms with E-state index < -0.39 is 0 Å². The summed E-state index contributed by atoms with van der Waals surface area (Å²) in [5.41, 5.74) is 8.39. The van der Waals surface area contributed by atoms with Gasteiger partial charge < -0.3 is 10.6 Å². The molecular weight excluding hydrogens is 265 g/mol. The molecule has 0 saturated carbocycles. The number of rotatable bonds is 0. The number of nitrogens with zero attached hydrogens (tertiary/aromatic N) is 2. The van der Waals surface area contributed by atoms with Crippen molar-refractivity contribution < 1.29 is 4.39 Å². The van der Waals surface area contributed by atoms with Crippen molar-refractivity contribution in [1.82, 2.24) is 9.88 Å². The lowest BCUT2D eigenvalue weighted by Crippen LogP contribution is -2.42. The van der Waals surface area contributed by atoms with Crippen LogP contribution in [0.3, 0.4) is 0 Å². The molecule has 1 fully saturated rings. The minimum atomic E-state index is -0.274. The van der Waals surface area contributed by atoms with E-state index in [9.17, 15) is 4.39 Å². The van der Waals surface area contributed by atoms with Crippen LogP contribution in [0.2, 0.25) is 0 Å². The van der Waals surface area contributed by atoms with Gasteiger partial charge in [0.2, 0.25) is 0 Å². The first-order chi connectivity index (χ1) is 10.1. The van der Waals surface area contributed by atoms with Gasteiger partial charge in [0.1, 0.15) is 5.82 Å². The molecule has 1 saturated heterocycles. The first kappa shape index (κ1) is 18.1. The van der Waals surface area contributed by atoms with Crippen molar-refractivity contribution in [3.63, 3.8) is 0 Å². The van der Waals surface area contributed by atoms with E-state index in [2.05, 4.69) is 16.9 Å². The van der Waals surface area contributed by atoms with Gasteiger partial charge in [-0.3, -0.25) is 4.98 Å². The number of aromatic nitrogens is 1. The fraction of sp³-hybridized carbons (Fsp3) is 0.706. The van der Waals surface area contributed by atoms with Crippen molar-refractivity contribution in [2.45, 2.75) is 53.0 Å². The molecule has 0 unspecified atom stereocenters. The SMILES string of the molecule is CC.CC.CN1CCC2(CC1)Cc1ncc(F)cc1[C@@H]2N. The maximum atomic E-state index is 13.2. The molecule has 2 N–H and O–H groups in total. The highest BCUT2D eigenvalue weighted by Gasteiger charge is 2.46. The Bertz CT molecular complexity index is 440. The fourth-order valence-corrected chi connectivity index (χ4v) is 3.23. The third-order valence-corrected chi connectivity index (χ3v) is 4.47. The van der Waals surface area contributed by atoms with Gasteiger partial charge in [-0.25, -0.2) is 4.39 Å². The standard InChI is InChI=1S/C13H18FN3.2C2H6/c1-17-4-2-13(3-5-17)7-11-10(12(13)15)6-9(14)8-16-11;2*1-2/h6,8,12H,2-5,7,15H2,1H3;2*1-2H3/t12-;;/m0../s1. The molecule has 1 aliphatic heterocycles. The molecule has 1 spiro atoms. The van der Waals surface area contributed by atoms with Gasteiger partial charge in [0.05, 0.1) is 6.20 Å². The van der Waals surface area contributed by atoms with Gasteiger partial charge in [-0.05, 0) is 56.4 Å². The number of pyridine rings is 1. The summed E-state index contributed by atoms with van der Waals surface area (Å²) in [6.07, 6.45) is 4.39. The zero-order chi connectivity index (χ0) is 16.0. The lowest BCUT2D eigenvalue weighted by atomic mass is 9.73. The second kappa shape index (κ2) is 7.85. The summed E-state index contributed by atoms with van der Waals surface area (Å²) < 4.78 is 13.2. The Morgan fingerprint density at radius 1 is 1.24 bits per heavy atom. The minimum Gasteiger partial charge on any atom is -0.323 e. The van der Waals surface area contributed by atoms with Gasteiger partial charge in [0.15, 0.2) is 0 Å². The highest BCUT2D eigenvalue weighted by atomic mass is 19.1. The number of hydrogen-bond acceptors (Lipinski definition) is 3. The number of piperidine rings is 1. The molecule has 120 valence electrons. The molecule has 2 aliphatic rings. The smallest absolute Gasteiger partial charge is 0.141 e. The molecule has 0 aromatic carbocycles. The molecule has 3 nitrogen and oxygen atoms in total. The summed E-state index contributed by atoms with van der Waals surface area (Å²) >= 11 is 0. The highest BCUT2D eigenvalue weighted by molar-refractivity contribution is 5.33. The second-order valence-electron chi connectivity index (χ2n) is 5.51. The summed E-state index contributed by atoms with van der Waals surface area (Å²) in [7, 11) is 2.14. The van der Waals surface area contributed by atoms with Crippen molar-refractivity contribution in [3.05, 3.63) is 29.3 Å². The van der Waals surface area contributed by atoms with Gasteiger partial charge in [-0.1, -0.05) is 27.7 Å². The number of hydrogen-bond donors (Lipinski definition) is 1. The summed E-state index contributed by atoms with van der Waals surface area (Å²) in [6, 6.07) is 1.52. The lowest BCUT2D eigenvalue weighted by Gasteiger charge is -2.40. The van der Waals surface area contributed by atoms with Crippen molar-refractivity contribution in [2.75, 3.05) is 20.1 Å². The van der Waals surface area contributed by atoms with Crippen molar-refractivity contribution in [1.29, 1.82) is 0 Å². The quantitative estimate of drug-likeness (QED) is 0.796. The minimum absolute atomic E-state index is 0.0469. The summed E-state index contributed by atoms with van der Waals surface area (Å²) in [6.45, 7) is 10.1. The lowest BCUT2D eigenvalue weighted by molar-refractivity contribution is 0.105. The van der Waals surface area contributed by atoms with E-state index in [1.807, 2.05) is 27.7 Å². The van der Waals surface area contributed by atoms with Crippen LogP contribution in [-0.4, -0.2) is 30.0 Å². The molecule has 4 heteroatoms. The fourth-order valence-electron chi connectivity index (χ4n) is 3.23. The predicted molar refractivity (Wildman–Crippen MR) is 86.7 cm³/mol. The third-order valence-electron chi connectivity index (χ3n) is 4.47. The van der Waals surface area contributed by atoms with E-state index >= 15 is 0 Å². The number of fused-ring (bicyclic) bond motifs is 1. The van der Waals surface area contributed by atoms with Crippen LogP contribution in [0.25, 0.3) is 0 Å². The molecule has 0 bridgehead atoms. The molecule has 1 aliphatic carbocycles. The normalized spacial score (nSPS) is 22.7. The van der Waals surface area contributed by atoms with Gasteiger partial charge in [0, 0.05) is 11.7 Å². The van der Waals surface area contributed by atoms with E-state index in [0.717, 1.165) is 43.6 Å². The molecular formula is C17H30FN3. The number of likely N-dealkylation sites (tertiary alicyclic amines) is 1. The van der Waals surface area contributed by atoms with Crippen LogP contribution in [0.15, 0.2) is 12.3 Å². The average Bonchev–Trinajstić information content (AvgIpc) is 2.80. The van der Waals surface area contributed by atoms with Crippen LogP contribution >= 0.6 is 0 Å². The topological polar surface area (TPSA) is 42.2 Å². The van der Waals surface area contributed by atoms with E-state index in [-0.39, 0.29) is 17.3 Å². The van der Waals surface area contributed by atoms with Crippen molar-refractivity contribution in [3.8, 4) is 0 Å². The van der Waals surface area contributed by atoms with E-state index in [0.29, 0.717) is 0 Å². The average molecular weight is 295 g/mol. The maximum absolute atomic E-state index is 13.2. The Kier molecular flexibility index (Phi) is 6.75. The first-order valence-electron chi connectivity index (χ1n) is 8.19. The molecule has 0 radical (unpaired) electrons. The van der Waals surface area contributed by atoms with Crippen molar-refractivity contribution >= 4 is 0 Å². The van der Waals surface area contributed by atoms with Crippen LogP contribution in [0.1, 0.15) is 57.8 Å². The third kappa shape index (κ3) is 3.61. The monoisotopic (exact) mass is 295 g/mol. The predicted octanol–water partition coefficient (Wildman–Crippen LogP) is 3.54. The molecule has 2 heterocycles. The Morgan fingerprint density at radius 2 is 1.81 bits per heavy atom. The summed E-state index contributed by atoms with van der Waals surface area (Å²) in [5.74, 6) is -0.274. The Labute approximate surface area is 128 Å². The van der Waals surface area contributed by atoms with Crippen LogP contribution in [-0.2, 0) is 6.42 Å². The maximum Gasteiger partial charge on any atom is 0.141 e. The highest BCUT2D eigenvalue weighted by Crippen LogP contribution is 2.49.